The molecule has 22 heavy (non-hydrogen) atoms. The van der Waals surface area contributed by atoms with E-state index in [-0.39, 0.29) is 35.2 Å². The molecule has 7 nitrogen and oxygen atoms in total. The van der Waals surface area contributed by atoms with Crippen LogP contribution in [-0.2, 0) is 9.59 Å². The van der Waals surface area contributed by atoms with Crippen LogP contribution in [0.5, 0.6) is 5.75 Å². The van der Waals surface area contributed by atoms with Gasteiger partial charge in [0.25, 0.3) is 5.91 Å². The number of phenolic OH excluding ortho intramolecular Hbond substituents is 1. The number of aldehydes is 1. The highest BCUT2D eigenvalue weighted by molar-refractivity contribution is 6.01. The molecular weight excluding hydrogens is 288 g/mol. The second-order valence-corrected chi connectivity index (χ2v) is 4.88. The minimum atomic E-state index is -0.416. The Labute approximate surface area is 127 Å². The average molecular weight is 306 g/mol. The Hall–Kier alpha value is -2.70. The molecule has 1 aromatic carbocycles. The number of benzene rings is 1. The maximum atomic E-state index is 12.4. The van der Waals surface area contributed by atoms with Crippen LogP contribution < -0.4 is 5.32 Å². The first-order chi connectivity index (χ1) is 10.4. The molecule has 1 unspecified atom stereocenters. The molecule has 0 fully saturated rings. The fourth-order valence-electron chi connectivity index (χ4n) is 1.90. The first-order valence-electron chi connectivity index (χ1n) is 6.69. The Morgan fingerprint density at radius 1 is 1.36 bits per heavy atom. The maximum absolute atomic E-state index is 12.4. The molecule has 3 amide bonds. The van der Waals surface area contributed by atoms with Crippen LogP contribution >= 0.6 is 0 Å². The summed E-state index contributed by atoms with van der Waals surface area (Å²) in [7, 11) is 1.56. The smallest absolute Gasteiger partial charge is 0.254 e. The van der Waals surface area contributed by atoms with Gasteiger partial charge in [0.2, 0.25) is 12.3 Å². The lowest BCUT2D eigenvalue weighted by Gasteiger charge is -2.25. The predicted octanol–water partition coefficient (Wildman–Crippen LogP) is 0.718. The molecule has 0 spiro atoms. The molecule has 1 atom stereocenters. The zero-order valence-electron chi connectivity index (χ0n) is 12.4. The Morgan fingerprint density at radius 2 is 2.05 bits per heavy atom. The first kappa shape index (κ1) is 17.4. The topological polar surface area (TPSA) is 104 Å². The van der Waals surface area contributed by atoms with Crippen molar-refractivity contribution in [1.82, 2.24) is 10.2 Å². The molecule has 7 heteroatoms. The van der Waals surface area contributed by atoms with Crippen molar-refractivity contribution in [3.63, 3.8) is 0 Å². The van der Waals surface area contributed by atoms with Crippen LogP contribution in [0.2, 0.25) is 0 Å². The zero-order valence-corrected chi connectivity index (χ0v) is 12.4. The summed E-state index contributed by atoms with van der Waals surface area (Å²) in [6.45, 7) is 1.76. The van der Waals surface area contributed by atoms with E-state index in [1.54, 1.807) is 14.0 Å². The van der Waals surface area contributed by atoms with Crippen molar-refractivity contribution < 1.29 is 24.3 Å². The standard InChI is InChI=1S/C15H18N2O5/c1-10(3-6-14(21)16-9-19)17(2)15(22)13-5-4-12(20)7-11(13)8-18/h4-5,7-10,20H,3,6H2,1-2H3,(H,16,19,21). The average Bonchev–Trinajstić information content (AvgIpc) is 2.51. The summed E-state index contributed by atoms with van der Waals surface area (Å²) in [4.78, 5) is 46.1. The Morgan fingerprint density at radius 3 is 2.64 bits per heavy atom. The molecule has 0 radical (unpaired) electrons. The van der Waals surface area contributed by atoms with Crippen LogP contribution in [0.25, 0.3) is 0 Å². The second-order valence-electron chi connectivity index (χ2n) is 4.88. The number of phenols is 1. The fourth-order valence-corrected chi connectivity index (χ4v) is 1.90. The number of hydrogen-bond acceptors (Lipinski definition) is 5. The van der Waals surface area contributed by atoms with Crippen molar-refractivity contribution in [1.29, 1.82) is 0 Å². The molecule has 0 saturated carbocycles. The number of hydrogen-bond donors (Lipinski definition) is 2. The Kier molecular flexibility index (Phi) is 6.25. The lowest BCUT2D eigenvalue weighted by atomic mass is 10.0. The summed E-state index contributed by atoms with van der Waals surface area (Å²) >= 11 is 0. The van der Waals surface area contributed by atoms with Crippen LogP contribution in [0.4, 0.5) is 0 Å². The minimum Gasteiger partial charge on any atom is -0.508 e. The van der Waals surface area contributed by atoms with Crippen molar-refractivity contribution >= 4 is 24.5 Å². The maximum Gasteiger partial charge on any atom is 0.254 e. The van der Waals surface area contributed by atoms with Crippen molar-refractivity contribution in [2.75, 3.05) is 7.05 Å². The summed E-state index contributed by atoms with van der Waals surface area (Å²) in [5.41, 5.74) is 0.280. The highest BCUT2D eigenvalue weighted by Gasteiger charge is 2.20. The molecule has 0 bridgehead atoms. The first-order valence-corrected chi connectivity index (χ1v) is 6.69. The number of nitrogens with zero attached hydrogens (tertiary/aromatic N) is 1. The van der Waals surface area contributed by atoms with E-state index < -0.39 is 5.91 Å². The van der Waals surface area contributed by atoms with Crippen LogP contribution in [0, 0.1) is 0 Å². The number of imide groups is 1. The minimum absolute atomic E-state index is 0.0973. The number of amides is 3. The van der Waals surface area contributed by atoms with E-state index in [1.807, 2.05) is 5.32 Å². The number of nitrogens with one attached hydrogen (secondary N) is 1. The van der Waals surface area contributed by atoms with E-state index in [4.69, 9.17) is 0 Å². The molecular formula is C15H18N2O5. The van der Waals surface area contributed by atoms with Gasteiger partial charge in [0.05, 0.1) is 5.56 Å². The third-order valence-electron chi connectivity index (χ3n) is 3.38. The SMILES string of the molecule is CC(CCC(=O)NC=O)N(C)C(=O)c1ccc(O)cc1C=O. The molecule has 0 aliphatic heterocycles. The quantitative estimate of drug-likeness (QED) is 0.722. The van der Waals surface area contributed by atoms with Gasteiger partial charge >= 0.3 is 0 Å². The number of carbonyl (C=O) groups is 4. The lowest BCUT2D eigenvalue weighted by Crippen LogP contribution is -2.36. The Balaban J connectivity index is 2.77. The molecule has 1 rings (SSSR count). The van der Waals surface area contributed by atoms with E-state index in [0.717, 1.165) is 0 Å². The van der Waals surface area contributed by atoms with E-state index in [2.05, 4.69) is 0 Å². The number of rotatable bonds is 7. The Bertz CT molecular complexity index is 585. The van der Waals surface area contributed by atoms with E-state index in [1.165, 1.54) is 23.1 Å². The highest BCUT2D eigenvalue weighted by atomic mass is 16.3. The molecule has 0 aliphatic carbocycles. The largest absolute Gasteiger partial charge is 0.508 e. The summed E-state index contributed by atoms with van der Waals surface area (Å²) in [6, 6.07) is 3.66. The number of aromatic hydroxyl groups is 1. The van der Waals surface area contributed by atoms with Gasteiger partial charge in [0.15, 0.2) is 6.29 Å². The summed E-state index contributed by atoms with van der Waals surface area (Å²) in [5, 5.41) is 11.4. The zero-order chi connectivity index (χ0) is 16.7. The lowest BCUT2D eigenvalue weighted by molar-refractivity contribution is -0.125. The van der Waals surface area contributed by atoms with E-state index in [9.17, 15) is 24.3 Å². The fraction of sp³-hybridized carbons (Fsp3) is 0.333. The monoisotopic (exact) mass is 306 g/mol. The van der Waals surface area contributed by atoms with E-state index in [0.29, 0.717) is 19.1 Å². The molecule has 118 valence electrons. The van der Waals surface area contributed by atoms with Crippen LogP contribution in [0.1, 0.15) is 40.5 Å². The van der Waals surface area contributed by atoms with Crippen molar-refractivity contribution in [2.45, 2.75) is 25.8 Å². The van der Waals surface area contributed by atoms with Gasteiger partial charge < -0.3 is 10.0 Å². The number of carbonyl (C=O) groups excluding carboxylic acids is 4. The van der Waals surface area contributed by atoms with Crippen molar-refractivity contribution in [3.8, 4) is 5.75 Å². The van der Waals surface area contributed by atoms with Gasteiger partial charge in [-0.3, -0.25) is 24.5 Å². The molecule has 0 aromatic heterocycles. The van der Waals surface area contributed by atoms with Crippen molar-refractivity contribution in [2.24, 2.45) is 0 Å². The van der Waals surface area contributed by atoms with Gasteiger partial charge in [-0.15, -0.1) is 0 Å². The summed E-state index contributed by atoms with van der Waals surface area (Å²) < 4.78 is 0. The normalized spacial score (nSPS) is 11.4. The molecule has 0 saturated heterocycles. The van der Waals surface area contributed by atoms with Gasteiger partial charge in [-0.05, 0) is 31.5 Å². The molecule has 2 N–H and O–H groups in total. The summed E-state index contributed by atoms with van der Waals surface area (Å²) in [5.74, 6) is -0.897. The predicted molar refractivity (Wildman–Crippen MR) is 78.5 cm³/mol. The van der Waals surface area contributed by atoms with Gasteiger partial charge in [-0.25, -0.2) is 0 Å². The van der Waals surface area contributed by atoms with Crippen LogP contribution in [0.3, 0.4) is 0 Å². The highest BCUT2D eigenvalue weighted by Crippen LogP contribution is 2.18. The molecule has 1 aromatic rings. The third kappa shape index (κ3) is 4.41. The summed E-state index contributed by atoms with van der Waals surface area (Å²) in [6.07, 6.45) is 1.29. The van der Waals surface area contributed by atoms with Gasteiger partial charge in [0, 0.05) is 25.1 Å². The van der Waals surface area contributed by atoms with Gasteiger partial charge in [-0.1, -0.05) is 0 Å². The van der Waals surface area contributed by atoms with E-state index >= 15 is 0 Å². The third-order valence-corrected chi connectivity index (χ3v) is 3.38. The van der Waals surface area contributed by atoms with Gasteiger partial charge in [0.1, 0.15) is 5.75 Å². The second kappa shape index (κ2) is 7.92. The van der Waals surface area contributed by atoms with Crippen LogP contribution in [-0.4, -0.2) is 47.6 Å². The molecule has 0 heterocycles. The van der Waals surface area contributed by atoms with Crippen molar-refractivity contribution in [3.05, 3.63) is 29.3 Å². The van der Waals surface area contributed by atoms with Crippen LogP contribution in [0.15, 0.2) is 18.2 Å². The molecule has 0 aliphatic rings. The van der Waals surface area contributed by atoms with Gasteiger partial charge in [-0.2, -0.15) is 0 Å².